The second-order valence-corrected chi connectivity index (χ2v) is 7.28. The molecule has 3 aromatic carbocycles. The summed E-state index contributed by atoms with van der Waals surface area (Å²) in [6.07, 6.45) is 0.812. The van der Waals surface area contributed by atoms with E-state index in [4.69, 9.17) is 11.6 Å². The molecule has 0 N–H and O–H groups in total. The zero-order chi connectivity index (χ0) is 14.8. The molecule has 0 fully saturated rings. The fourth-order valence-electron chi connectivity index (χ4n) is 2.54. The summed E-state index contributed by atoms with van der Waals surface area (Å²) in [7, 11) is 0. The monoisotopic (exact) mass is 422 g/mol. The Hall–Kier alpha value is -0.830. The first kappa shape index (κ1) is 15.1. The van der Waals surface area contributed by atoms with Gasteiger partial charge in [-0.15, -0.1) is 11.6 Å². The number of alkyl halides is 1. The molecule has 0 aromatic heterocycles. The third-order valence-electron chi connectivity index (χ3n) is 3.55. The minimum atomic E-state index is -0.0442. The van der Waals surface area contributed by atoms with Crippen LogP contribution < -0.4 is 0 Å². The largest absolute Gasteiger partial charge is 0.117 e. The molecule has 3 aromatic rings. The van der Waals surface area contributed by atoms with Gasteiger partial charge in [-0.1, -0.05) is 74.3 Å². The highest BCUT2D eigenvalue weighted by Crippen LogP contribution is 2.34. The number of fused-ring (bicyclic) bond motifs is 1. The molecular weight excluding hydrogens is 411 g/mol. The van der Waals surface area contributed by atoms with E-state index in [9.17, 15) is 0 Å². The number of halogens is 3. The molecular formula is C18H13Br2Cl. The molecule has 106 valence electrons. The second-order valence-electron chi connectivity index (χ2n) is 4.98. The van der Waals surface area contributed by atoms with Gasteiger partial charge in [0.05, 0.1) is 5.38 Å². The molecule has 0 aliphatic rings. The average Bonchev–Trinajstić information content (AvgIpc) is 2.48. The molecule has 0 amide bonds. The summed E-state index contributed by atoms with van der Waals surface area (Å²) in [5, 5.41) is 2.37. The van der Waals surface area contributed by atoms with E-state index in [1.807, 2.05) is 12.1 Å². The Morgan fingerprint density at radius 2 is 1.62 bits per heavy atom. The first-order valence-corrected chi connectivity index (χ1v) is 8.73. The molecule has 1 unspecified atom stereocenters. The third-order valence-corrected chi connectivity index (χ3v) is 5.12. The van der Waals surface area contributed by atoms with Crippen molar-refractivity contribution in [3.8, 4) is 0 Å². The first-order valence-electron chi connectivity index (χ1n) is 6.71. The van der Waals surface area contributed by atoms with E-state index < -0.39 is 0 Å². The maximum absolute atomic E-state index is 6.69. The zero-order valence-corrected chi connectivity index (χ0v) is 15.1. The van der Waals surface area contributed by atoms with Crippen LogP contribution in [0.4, 0.5) is 0 Å². The lowest BCUT2D eigenvalue weighted by Gasteiger charge is -2.14. The molecule has 0 radical (unpaired) electrons. The predicted molar refractivity (Wildman–Crippen MR) is 98.1 cm³/mol. The molecule has 0 spiro atoms. The lowest BCUT2D eigenvalue weighted by atomic mass is 9.98. The highest BCUT2D eigenvalue weighted by molar-refractivity contribution is 9.11. The average molecular weight is 425 g/mol. The number of hydrogen-bond acceptors (Lipinski definition) is 0. The molecule has 3 rings (SSSR count). The van der Waals surface area contributed by atoms with Crippen LogP contribution in [0, 0.1) is 0 Å². The standard InChI is InChI=1S/C18H13Br2Cl/c19-13-5-3-4-12(10-13)11-18(21)16-8-9-17(20)15-7-2-1-6-14(15)16/h1-10,18H,11H2. The van der Waals surface area contributed by atoms with E-state index in [0.717, 1.165) is 15.4 Å². The highest BCUT2D eigenvalue weighted by Gasteiger charge is 2.13. The van der Waals surface area contributed by atoms with Crippen LogP contribution in [0.3, 0.4) is 0 Å². The van der Waals surface area contributed by atoms with Crippen LogP contribution >= 0.6 is 43.5 Å². The van der Waals surface area contributed by atoms with Crippen molar-refractivity contribution in [2.75, 3.05) is 0 Å². The van der Waals surface area contributed by atoms with E-state index in [0.29, 0.717) is 0 Å². The van der Waals surface area contributed by atoms with E-state index in [2.05, 4.69) is 80.4 Å². The summed E-state index contributed by atoms with van der Waals surface area (Å²) in [6, 6.07) is 20.9. The van der Waals surface area contributed by atoms with E-state index >= 15 is 0 Å². The molecule has 0 bridgehead atoms. The molecule has 3 heteroatoms. The molecule has 21 heavy (non-hydrogen) atoms. The van der Waals surface area contributed by atoms with Gasteiger partial charge in [-0.25, -0.2) is 0 Å². The fraction of sp³-hybridized carbons (Fsp3) is 0.111. The normalized spacial score (nSPS) is 12.5. The Morgan fingerprint density at radius 3 is 2.38 bits per heavy atom. The van der Waals surface area contributed by atoms with Gasteiger partial charge in [-0.05, 0) is 46.5 Å². The zero-order valence-electron chi connectivity index (χ0n) is 11.2. The van der Waals surface area contributed by atoms with Crippen molar-refractivity contribution in [3.05, 3.63) is 80.7 Å². The third kappa shape index (κ3) is 3.33. The fourth-order valence-corrected chi connectivity index (χ4v) is 3.83. The second kappa shape index (κ2) is 6.51. The maximum atomic E-state index is 6.69. The molecule has 1 atom stereocenters. The van der Waals surface area contributed by atoms with Crippen LogP contribution in [-0.4, -0.2) is 0 Å². The number of hydrogen-bond donors (Lipinski definition) is 0. The van der Waals surface area contributed by atoms with Crippen molar-refractivity contribution < 1.29 is 0 Å². The Morgan fingerprint density at radius 1 is 0.857 bits per heavy atom. The first-order chi connectivity index (χ1) is 10.1. The molecule has 0 aliphatic carbocycles. The number of benzene rings is 3. The van der Waals surface area contributed by atoms with Gasteiger partial charge in [-0.3, -0.25) is 0 Å². The molecule has 0 saturated carbocycles. The van der Waals surface area contributed by atoms with Gasteiger partial charge < -0.3 is 0 Å². The van der Waals surface area contributed by atoms with Crippen molar-refractivity contribution in [3.63, 3.8) is 0 Å². The van der Waals surface area contributed by atoms with E-state index in [1.165, 1.54) is 21.9 Å². The Kier molecular flexibility index (Phi) is 4.68. The summed E-state index contributed by atoms with van der Waals surface area (Å²) in [4.78, 5) is 0. The maximum Gasteiger partial charge on any atom is 0.0631 e. The summed E-state index contributed by atoms with van der Waals surface area (Å²) in [5.74, 6) is 0. The van der Waals surface area contributed by atoms with Crippen LogP contribution in [0.15, 0.2) is 69.6 Å². The molecule has 0 saturated heterocycles. The summed E-state index contributed by atoms with van der Waals surface area (Å²) < 4.78 is 2.19. The van der Waals surface area contributed by atoms with Gasteiger partial charge in [0.2, 0.25) is 0 Å². The van der Waals surface area contributed by atoms with Crippen LogP contribution in [0.25, 0.3) is 10.8 Å². The van der Waals surface area contributed by atoms with E-state index in [-0.39, 0.29) is 5.38 Å². The van der Waals surface area contributed by atoms with Gasteiger partial charge in [-0.2, -0.15) is 0 Å². The Balaban J connectivity index is 1.98. The number of rotatable bonds is 3. The van der Waals surface area contributed by atoms with Crippen molar-refractivity contribution in [1.29, 1.82) is 0 Å². The van der Waals surface area contributed by atoms with Gasteiger partial charge >= 0.3 is 0 Å². The Labute approximate surface area is 146 Å². The van der Waals surface area contributed by atoms with Crippen LogP contribution in [0.2, 0.25) is 0 Å². The summed E-state index contributed by atoms with van der Waals surface area (Å²) >= 11 is 13.8. The van der Waals surface area contributed by atoms with Crippen LogP contribution in [-0.2, 0) is 6.42 Å². The highest BCUT2D eigenvalue weighted by atomic mass is 79.9. The summed E-state index contributed by atoms with van der Waals surface area (Å²) in [6.45, 7) is 0. The van der Waals surface area contributed by atoms with Crippen molar-refractivity contribution in [2.45, 2.75) is 11.8 Å². The van der Waals surface area contributed by atoms with Gasteiger partial charge in [0.15, 0.2) is 0 Å². The predicted octanol–water partition coefficient (Wildman–Crippen LogP) is 6.89. The van der Waals surface area contributed by atoms with Gasteiger partial charge in [0.1, 0.15) is 0 Å². The van der Waals surface area contributed by atoms with Gasteiger partial charge in [0.25, 0.3) is 0 Å². The molecule has 0 heterocycles. The minimum Gasteiger partial charge on any atom is -0.117 e. The Bertz CT molecular complexity index is 783. The van der Waals surface area contributed by atoms with Crippen molar-refractivity contribution in [1.82, 2.24) is 0 Å². The van der Waals surface area contributed by atoms with Gasteiger partial charge in [0, 0.05) is 8.95 Å². The molecule has 0 nitrogen and oxygen atoms in total. The quantitative estimate of drug-likeness (QED) is 0.402. The lowest BCUT2D eigenvalue weighted by Crippen LogP contribution is -1.97. The molecule has 0 aliphatic heterocycles. The van der Waals surface area contributed by atoms with Crippen LogP contribution in [0.5, 0.6) is 0 Å². The minimum absolute atomic E-state index is 0.0442. The van der Waals surface area contributed by atoms with E-state index in [1.54, 1.807) is 0 Å². The van der Waals surface area contributed by atoms with Crippen molar-refractivity contribution in [2.24, 2.45) is 0 Å². The lowest BCUT2D eigenvalue weighted by molar-refractivity contribution is 0.927. The smallest absolute Gasteiger partial charge is 0.0631 e. The summed E-state index contributed by atoms with van der Waals surface area (Å²) in [5.41, 5.74) is 2.41. The van der Waals surface area contributed by atoms with Crippen LogP contribution in [0.1, 0.15) is 16.5 Å². The SMILES string of the molecule is ClC(Cc1cccc(Br)c1)c1ccc(Br)c2ccccc12. The topological polar surface area (TPSA) is 0 Å². The van der Waals surface area contributed by atoms with Crippen molar-refractivity contribution >= 4 is 54.2 Å².